The maximum atomic E-state index is 11.2. The predicted octanol–water partition coefficient (Wildman–Crippen LogP) is 0.466. The molecule has 4 heteroatoms. The molecule has 2 amide bonds. The third kappa shape index (κ3) is 1.27. The fraction of sp³-hybridized carbons (Fsp3) is 0.500. The zero-order valence-corrected chi connectivity index (χ0v) is 7.37. The van der Waals surface area contributed by atoms with E-state index in [4.69, 9.17) is 0 Å². The van der Waals surface area contributed by atoms with Crippen LogP contribution in [0.5, 0.6) is 0 Å². The number of hydrogen-bond acceptors (Lipinski definition) is 3. The second-order valence-electron chi connectivity index (χ2n) is 2.94. The molecule has 64 valence electrons. The van der Waals surface area contributed by atoms with Crippen molar-refractivity contribution in [3.63, 3.8) is 0 Å². The van der Waals surface area contributed by atoms with Gasteiger partial charge in [-0.05, 0) is 12.2 Å². The van der Waals surface area contributed by atoms with E-state index in [0.717, 1.165) is 23.5 Å². The maximum Gasteiger partial charge on any atom is 0.254 e. The second-order valence-corrected chi connectivity index (χ2v) is 4.04. The van der Waals surface area contributed by atoms with Gasteiger partial charge in [-0.15, -0.1) is 0 Å². The number of amides is 2. The Kier molecular flexibility index (Phi) is 1.92. The van der Waals surface area contributed by atoms with Crippen LogP contribution in [0.4, 0.5) is 0 Å². The normalized spacial score (nSPS) is 29.7. The molecular formula is C8H9NO2S. The highest BCUT2D eigenvalue weighted by molar-refractivity contribution is 7.99. The molecule has 12 heavy (non-hydrogen) atoms. The molecule has 2 heterocycles. The molecule has 0 atom stereocenters. The summed E-state index contributed by atoms with van der Waals surface area (Å²) in [5.41, 5.74) is 1.90. The number of carbonyl (C=O) groups is 2. The molecule has 0 saturated carbocycles. The average molecular weight is 183 g/mol. The molecule has 0 spiro atoms. The summed E-state index contributed by atoms with van der Waals surface area (Å²) in [5.74, 6) is 1.69. The van der Waals surface area contributed by atoms with E-state index in [0.29, 0.717) is 6.42 Å². The Bertz CT molecular complexity index is 275. The van der Waals surface area contributed by atoms with E-state index in [-0.39, 0.29) is 11.8 Å². The average Bonchev–Trinajstić information content (AvgIpc) is 2.58. The minimum Gasteiger partial charge on any atom is -0.292 e. The zero-order chi connectivity index (χ0) is 8.55. The van der Waals surface area contributed by atoms with Gasteiger partial charge in [0.15, 0.2) is 0 Å². The summed E-state index contributed by atoms with van der Waals surface area (Å²) in [6, 6.07) is 0. The van der Waals surface area contributed by atoms with Gasteiger partial charge in [0, 0.05) is 11.3 Å². The molecule has 0 aromatic heterocycles. The second kappa shape index (κ2) is 2.94. The van der Waals surface area contributed by atoms with Crippen molar-refractivity contribution in [1.29, 1.82) is 0 Å². The topological polar surface area (TPSA) is 46.2 Å². The van der Waals surface area contributed by atoms with Crippen LogP contribution in [0.3, 0.4) is 0 Å². The SMILES string of the molecule is O=C1CC(=C2CCSC2)C(=O)N1. The van der Waals surface area contributed by atoms with Crippen molar-refractivity contribution in [1.82, 2.24) is 5.32 Å². The Morgan fingerprint density at radius 2 is 2.17 bits per heavy atom. The molecule has 0 aromatic carbocycles. The van der Waals surface area contributed by atoms with E-state index >= 15 is 0 Å². The Morgan fingerprint density at radius 1 is 1.33 bits per heavy atom. The first-order valence-electron chi connectivity index (χ1n) is 3.90. The molecule has 2 rings (SSSR count). The molecule has 0 unspecified atom stereocenters. The zero-order valence-electron chi connectivity index (χ0n) is 6.55. The van der Waals surface area contributed by atoms with E-state index in [1.807, 2.05) is 11.8 Å². The van der Waals surface area contributed by atoms with Gasteiger partial charge in [0.1, 0.15) is 0 Å². The molecule has 2 aliphatic rings. The summed E-state index contributed by atoms with van der Waals surface area (Å²) in [6.45, 7) is 0. The molecule has 2 aliphatic heterocycles. The lowest BCUT2D eigenvalue weighted by Gasteiger charge is -1.96. The highest BCUT2D eigenvalue weighted by Gasteiger charge is 2.27. The number of carbonyl (C=O) groups excluding carboxylic acids is 2. The lowest BCUT2D eigenvalue weighted by molar-refractivity contribution is -0.124. The first kappa shape index (κ1) is 7.86. The van der Waals surface area contributed by atoms with Gasteiger partial charge in [-0.3, -0.25) is 14.9 Å². The van der Waals surface area contributed by atoms with Crippen molar-refractivity contribution >= 4 is 23.6 Å². The fourth-order valence-electron chi connectivity index (χ4n) is 1.47. The first-order chi connectivity index (χ1) is 5.77. The number of imide groups is 1. The summed E-state index contributed by atoms with van der Waals surface area (Å²) in [5, 5.41) is 2.30. The third-order valence-corrected chi connectivity index (χ3v) is 3.16. The number of nitrogens with one attached hydrogen (secondary N) is 1. The summed E-state index contributed by atoms with van der Waals surface area (Å²) in [4.78, 5) is 22.0. The summed E-state index contributed by atoms with van der Waals surface area (Å²) in [6.07, 6.45) is 1.27. The molecule has 0 radical (unpaired) electrons. The van der Waals surface area contributed by atoms with Gasteiger partial charge in [-0.25, -0.2) is 0 Å². The Morgan fingerprint density at radius 3 is 2.67 bits per heavy atom. The fourth-order valence-corrected chi connectivity index (χ4v) is 2.57. The number of thioether (sulfide) groups is 1. The molecule has 2 fully saturated rings. The lowest BCUT2D eigenvalue weighted by atomic mass is 10.1. The molecule has 3 nitrogen and oxygen atoms in total. The van der Waals surface area contributed by atoms with Crippen LogP contribution in [0.2, 0.25) is 0 Å². The molecule has 2 saturated heterocycles. The van der Waals surface area contributed by atoms with Crippen LogP contribution in [-0.4, -0.2) is 23.3 Å². The molecule has 0 bridgehead atoms. The van der Waals surface area contributed by atoms with E-state index in [2.05, 4.69) is 5.32 Å². The van der Waals surface area contributed by atoms with Crippen molar-refractivity contribution in [2.75, 3.05) is 11.5 Å². The quantitative estimate of drug-likeness (QED) is 0.438. The summed E-state index contributed by atoms with van der Waals surface area (Å²) >= 11 is 1.82. The van der Waals surface area contributed by atoms with Gasteiger partial charge in [0.2, 0.25) is 5.91 Å². The third-order valence-electron chi connectivity index (χ3n) is 2.12. The smallest absolute Gasteiger partial charge is 0.254 e. The lowest BCUT2D eigenvalue weighted by Crippen LogP contribution is -2.19. The molecule has 0 aromatic rings. The minimum atomic E-state index is -0.169. The van der Waals surface area contributed by atoms with Crippen LogP contribution >= 0.6 is 11.8 Å². The van der Waals surface area contributed by atoms with Crippen molar-refractivity contribution < 1.29 is 9.59 Å². The van der Waals surface area contributed by atoms with Crippen LogP contribution in [0.25, 0.3) is 0 Å². The molecule has 1 N–H and O–H groups in total. The maximum absolute atomic E-state index is 11.2. The highest BCUT2D eigenvalue weighted by Crippen LogP contribution is 2.28. The Labute approximate surface area is 74.6 Å². The van der Waals surface area contributed by atoms with Crippen molar-refractivity contribution in [2.45, 2.75) is 12.8 Å². The van der Waals surface area contributed by atoms with Gasteiger partial charge in [-0.1, -0.05) is 5.57 Å². The van der Waals surface area contributed by atoms with E-state index in [9.17, 15) is 9.59 Å². The van der Waals surface area contributed by atoms with Crippen molar-refractivity contribution in [3.8, 4) is 0 Å². The van der Waals surface area contributed by atoms with Gasteiger partial charge >= 0.3 is 0 Å². The first-order valence-corrected chi connectivity index (χ1v) is 5.05. The number of rotatable bonds is 0. The largest absolute Gasteiger partial charge is 0.292 e. The van der Waals surface area contributed by atoms with Gasteiger partial charge in [0.25, 0.3) is 5.91 Å². The van der Waals surface area contributed by atoms with E-state index < -0.39 is 0 Å². The predicted molar refractivity (Wildman–Crippen MR) is 46.7 cm³/mol. The minimum absolute atomic E-state index is 0.153. The van der Waals surface area contributed by atoms with Crippen LogP contribution in [0.15, 0.2) is 11.1 Å². The van der Waals surface area contributed by atoms with Gasteiger partial charge in [-0.2, -0.15) is 11.8 Å². The summed E-state index contributed by atoms with van der Waals surface area (Å²) < 4.78 is 0. The monoisotopic (exact) mass is 183 g/mol. The van der Waals surface area contributed by atoms with Crippen LogP contribution < -0.4 is 5.32 Å². The Balaban J connectivity index is 2.27. The van der Waals surface area contributed by atoms with E-state index in [1.165, 1.54) is 5.57 Å². The van der Waals surface area contributed by atoms with Crippen LogP contribution in [-0.2, 0) is 9.59 Å². The van der Waals surface area contributed by atoms with Gasteiger partial charge in [0.05, 0.1) is 6.42 Å². The van der Waals surface area contributed by atoms with E-state index in [1.54, 1.807) is 0 Å². The number of hydrogen-bond donors (Lipinski definition) is 1. The van der Waals surface area contributed by atoms with Crippen molar-refractivity contribution in [2.24, 2.45) is 0 Å². The Hall–Kier alpha value is -0.770. The molecule has 0 aliphatic carbocycles. The summed E-state index contributed by atoms with van der Waals surface area (Å²) in [7, 11) is 0. The standard InChI is InChI=1S/C8H9NO2S/c10-7-3-6(8(11)9-7)5-1-2-12-4-5/h1-4H2,(H,9,10,11). The van der Waals surface area contributed by atoms with Crippen LogP contribution in [0.1, 0.15) is 12.8 Å². The van der Waals surface area contributed by atoms with Crippen molar-refractivity contribution in [3.05, 3.63) is 11.1 Å². The van der Waals surface area contributed by atoms with Gasteiger partial charge < -0.3 is 0 Å². The highest BCUT2D eigenvalue weighted by atomic mass is 32.2. The van der Waals surface area contributed by atoms with Crippen LogP contribution in [0, 0.1) is 0 Å². The molecular weight excluding hydrogens is 174 g/mol.